The standard InChI is InChI=1S/C23H26Cl2N4O6S/c1-36(32,33)29(19-10-17(24)9-18(25)11-19)14-22(30)28-27-12-16-4-6-20(7-5-16)35-15-23(31)26-13-21-3-2-8-34-21/h4-7,9-12,21H,2-3,8,13-15H2,1H3,(H,26,31)(H,28,30)/b27-12-/t21-/m0/s1. The van der Waals surface area contributed by atoms with Crippen LogP contribution in [0.25, 0.3) is 0 Å². The number of amides is 2. The fourth-order valence-corrected chi connectivity index (χ4v) is 4.67. The molecule has 1 heterocycles. The zero-order valence-electron chi connectivity index (χ0n) is 19.4. The van der Waals surface area contributed by atoms with Gasteiger partial charge in [-0.25, -0.2) is 13.8 Å². The van der Waals surface area contributed by atoms with E-state index >= 15 is 0 Å². The molecule has 0 spiro atoms. The number of hydrogen-bond donors (Lipinski definition) is 2. The molecule has 2 amide bonds. The lowest BCUT2D eigenvalue weighted by molar-refractivity contribution is -0.123. The molecule has 0 aliphatic carbocycles. The highest BCUT2D eigenvalue weighted by Crippen LogP contribution is 2.26. The SMILES string of the molecule is CS(=O)(=O)N(CC(=O)N/N=C\c1ccc(OCC(=O)NC[C@@H]2CCCO2)cc1)c1cc(Cl)cc(Cl)c1. The Morgan fingerprint density at radius 3 is 2.47 bits per heavy atom. The quantitative estimate of drug-likeness (QED) is 0.323. The van der Waals surface area contributed by atoms with Gasteiger partial charge in [0.05, 0.1) is 24.3 Å². The van der Waals surface area contributed by atoms with Crippen molar-refractivity contribution in [2.24, 2.45) is 5.10 Å². The molecule has 2 N–H and O–H groups in total. The van der Waals surface area contributed by atoms with E-state index in [2.05, 4.69) is 15.8 Å². The Morgan fingerprint density at radius 1 is 1.17 bits per heavy atom. The van der Waals surface area contributed by atoms with E-state index in [1.54, 1.807) is 24.3 Å². The number of carbonyl (C=O) groups is 2. The van der Waals surface area contributed by atoms with Crippen LogP contribution in [0.2, 0.25) is 10.0 Å². The van der Waals surface area contributed by atoms with Crippen molar-refractivity contribution in [3.8, 4) is 5.75 Å². The monoisotopic (exact) mass is 556 g/mol. The van der Waals surface area contributed by atoms with Gasteiger partial charge in [0.25, 0.3) is 11.8 Å². The van der Waals surface area contributed by atoms with Crippen LogP contribution in [0.3, 0.4) is 0 Å². The second kappa shape index (κ2) is 12.9. The number of benzene rings is 2. The first kappa shape index (κ1) is 27.7. The first-order valence-corrected chi connectivity index (χ1v) is 13.6. The second-order valence-electron chi connectivity index (χ2n) is 7.99. The van der Waals surface area contributed by atoms with Crippen molar-refractivity contribution in [1.82, 2.24) is 10.7 Å². The van der Waals surface area contributed by atoms with Crippen LogP contribution in [0.4, 0.5) is 5.69 Å². The number of anilines is 1. The summed E-state index contributed by atoms with van der Waals surface area (Å²) >= 11 is 11.9. The third kappa shape index (κ3) is 8.98. The summed E-state index contributed by atoms with van der Waals surface area (Å²) < 4.78 is 36.2. The number of halogens is 2. The highest BCUT2D eigenvalue weighted by atomic mass is 35.5. The lowest BCUT2D eigenvalue weighted by atomic mass is 10.2. The summed E-state index contributed by atoms with van der Waals surface area (Å²) in [7, 11) is -3.79. The van der Waals surface area contributed by atoms with Crippen LogP contribution < -0.4 is 19.8 Å². The summed E-state index contributed by atoms with van der Waals surface area (Å²) in [5.41, 5.74) is 3.09. The molecule has 3 rings (SSSR count). The molecule has 1 saturated heterocycles. The van der Waals surface area contributed by atoms with E-state index in [0.717, 1.165) is 30.0 Å². The van der Waals surface area contributed by atoms with E-state index in [0.29, 0.717) is 17.9 Å². The van der Waals surface area contributed by atoms with Crippen LogP contribution in [-0.4, -0.2) is 65.1 Å². The maximum atomic E-state index is 12.3. The van der Waals surface area contributed by atoms with E-state index in [4.69, 9.17) is 32.7 Å². The predicted molar refractivity (Wildman–Crippen MR) is 138 cm³/mol. The lowest BCUT2D eigenvalue weighted by Crippen LogP contribution is -2.39. The Bertz CT molecular complexity index is 1180. The van der Waals surface area contributed by atoms with Crippen molar-refractivity contribution in [3.05, 3.63) is 58.1 Å². The average molecular weight is 557 g/mol. The molecule has 0 radical (unpaired) electrons. The van der Waals surface area contributed by atoms with Gasteiger partial charge in [-0.3, -0.25) is 13.9 Å². The Labute approximate surface area is 219 Å². The van der Waals surface area contributed by atoms with Crippen molar-refractivity contribution >= 4 is 56.9 Å². The van der Waals surface area contributed by atoms with Crippen LogP contribution in [0, 0.1) is 0 Å². The molecule has 1 aliphatic rings. The van der Waals surface area contributed by atoms with E-state index in [9.17, 15) is 18.0 Å². The van der Waals surface area contributed by atoms with Crippen molar-refractivity contribution in [2.45, 2.75) is 18.9 Å². The summed E-state index contributed by atoms with van der Waals surface area (Å²) in [5.74, 6) is -0.406. The van der Waals surface area contributed by atoms with E-state index in [-0.39, 0.29) is 34.4 Å². The smallest absolute Gasteiger partial charge is 0.260 e. The average Bonchev–Trinajstić information content (AvgIpc) is 3.33. The number of ether oxygens (including phenoxy) is 2. The second-order valence-corrected chi connectivity index (χ2v) is 10.8. The summed E-state index contributed by atoms with van der Waals surface area (Å²) in [6, 6.07) is 10.9. The van der Waals surface area contributed by atoms with Crippen LogP contribution in [0.5, 0.6) is 5.75 Å². The molecule has 1 aliphatic heterocycles. The molecular weight excluding hydrogens is 531 g/mol. The molecule has 0 aromatic heterocycles. The van der Waals surface area contributed by atoms with Gasteiger partial charge in [-0.1, -0.05) is 23.2 Å². The number of sulfonamides is 1. The molecular formula is C23H26Cl2N4O6S. The van der Waals surface area contributed by atoms with Crippen LogP contribution in [0.1, 0.15) is 18.4 Å². The first-order valence-electron chi connectivity index (χ1n) is 11.0. The van der Waals surface area contributed by atoms with Crippen LogP contribution >= 0.6 is 23.2 Å². The predicted octanol–water partition coefficient (Wildman–Crippen LogP) is 2.58. The Hall–Kier alpha value is -2.86. The molecule has 2 aromatic rings. The fourth-order valence-electron chi connectivity index (χ4n) is 3.31. The fraction of sp³-hybridized carbons (Fsp3) is 0.348. The molecule has 0 saturated carbocycles. The number of hydrogen-bond acceptors (Lipinski definition) is 7. The van der Waals surface area contributed by atoms with E-state index in [1.165, 1.54) is 24.4 Å². The number of nitrogens with one attached hydrogen (secondary N) is 2. The minimum atomic E-state index is -3.79. The zero-order valence-corrected chi connectivity index (χ0v) is 21.8. The highest BCUT2D eigenvalue weighted by Gasteiger charge is 2.21. The maximum Gasteiger partial charge on any atom is 0.260 e. The molecule has 0 unspecified atom stereocenters. The number of rotatable bonds is 11. The molecule has 13 heteroatoms. The van der Waals surface area contributed by atoms with Gasteiger partial charge >= 0.3 is 0 Å². The van der Waals surface area contributed by atoms with Gasteiger partial charge in [0.1, 0.15) is 12.3 Å². The molecule has 1 fully saturated rings. The Balaban J connectivity index is 1.47. The third-order valence-electron chi connectivity index (χ3n) is 5.03. The molecule has 0 bridgehead atoms. The van der Waals surface area contributed by atoms with Crippen molar-refractivity contribution < 1.29 is 27.5 Å². The molecule has 36 heavy (non-hydrogen) atoms. The molecule has 194 valence electrons. The van der Waals surface area contributed by atoms with Gasteiger partial charge in [-0.15, -0.1) is 0 Å². The topological polar surface area (TPSA) is 126 Å². The van der Waals surface area contributed by atoms with Gasteiger partial charge in [0, 0.05) is 23.2 Å². The summed E-state index contributed by atoms with van der Waals surface area (Å²) in [4.78, 5) is 24.2. The van der Waals surface area contributed by atoms with E-state index in [1.807, 2.05) is 0 Å². The number of carbonyl (C=O) groups excluding carboxylic acids is 2. The van der Waals surface area contributed by atoms with E-state index < -0.39 is 22.5 Å². The van der Waals surface area contributed by atoms with Gasteiger partial charge in [-0.05, 0) is 60.9 Å². The van der Waals surface area contributed by atoms with Crippen molar-refractivity contribution in [2.75, 3.05) is 36.9 Å². The lowest BCUT2D eigenvalue weighted by Gasteiger charge is -2.21. The largest absolute Gasteiger partial charge is 0.484 e. The number of nitrogens with zero attached hydrogens (tertiary/aromatic N) is 2. The minimum absolute atomic E-state index is 0.0674. The number of hydrazone groups is 1. The molecule has 10 nitrogen and oxygen atoms in total. The molecule has 2 aromatic carbocycles. The summed E-state index contributed by atoms with van der Waals surface area (Å²) in [6.07, 6.45) is 4.37. The summed E-state index contributed by atoms with van der Waals surface area (Å²) in [5, 5.41) is 7.10. The zero-order chi connectivity index (χ0) is 26.1. The molecule has 1 atom stereocenters. The Morgan fingerprint density at radius 2 is 1.86 bits per heavy atom. The van der Waals surface area contributed by atoms with Crippen LogP contribution in [0.15, 0.2) is 47.6 Å². The van der Waals surface area contributed by atoms with Crippen molar-refractivity contribution in [1.29, 1.82) is 0 Å². The van der Waals surface area contributed by atoms with Gasteiger partial charge in [-0.2, -0.15) is 5.10 Å². The van der Waals surface area contributed by atoms with Gasteiger partial charge in [0.15, 0.2) is 6.61 Å². The van der Waals surface area contributed by atoms with Gasteiger partial charge in [0.2, 0.25) is 10.0 Å². The first-order chi connectivity index (χ1) is 17.1. The normalized spacial score (nSPS) is 15.6. The Kier molecular flexibility index (Phi) is 9.94. The minimum Gasteiger partial charge on any atom is -0.484 e. The van der Waals surface area contributed by atoms with Crippen molar-refractivity contribution in [3.63, 3.8) is 0 Å². The van der Waals surface area contributed by atoms with Gasteiger partial charge < -0.3 is 14.8 Å². The van der Waals surface area contributed by atoms with Crippen LogP contribution in [-0.2, 0) is 24.3 Å². The summed E-state index contributed by atoms with van der Waals surface area (Å²) in [6.45, 7) is 0.561. The highest BCUT2D eigenvalue weighted by molar-refractivity contribution is 7.92. The third-order valence-corrected chi connectivity index (χ3v) is 6.60. The maximum absolute atomic E-state index is 12.3.